The van der Waals surface area contributed by atoms with Crippen LogP contribution in [0.2, 0.25) is 0 Å². The van der Waals surface area contributed by atoms with E-state index in [1.165, 1.54) is 11.1 Å². The molecule has 0 fully saturated rings. The molecule has 1 rings (SSSR count). The maximum Gasteiger partial charge on any atom is 0.0112 e. The van der Waals surface area contributed by atoms with Gasteiger partial charge in [-0.15, -0.1) is 0 Å². The van der Waals surface area contributed by atoms with E-state index in [0.29, 0.717) is 11.8 Å². The zero-order valence-corrected chi connectivity index (χ0v) is 10.2. The first-order valence-electron chi connectivity index (χ1n) is 5.70. The van der Waals surface area contributed by atoms with E-state index >= 15 is 0 Å². The Morgan fingerprint density at radius 3 is 2.19 bits per heavy atom. The summed E-state index contributed by atoms with van der Waals surface area (Å²) in [6.07, 6.45) is 5.80. The molecule has 0 aliphatic heterocycles. The summed E-state index contributed by atoms with van der Waals surface area (Å²) in [4.78, 5) is 0. The largest absolute Gasteiger partial charge is 0.0991 e. The first-order valence-corrected chi connectivity index (χ1v) is 5.70. The SMILES string of the molecule is C=C/C=C(\C=C)C(c1ccccc1)C(C)C. The van der Waals surface area contributed by atoms with Gasteiger partial charge in [0.25, 0.3) is 0 Å². The van der Waals surface area contributed by atoms with E-state index in [1.54, 1.807) is 0 Å². The van der Waals surface area contributed by atoms with Gasteiger partial charge in [0.15, 0.2) is 0 Å². The normalized spacial score (nSPS) is 13.6. The summed E-state index contributed by atoms with van der Waals surface area (Å²) in [5, 5.41) is 0. The maximum absolute atomic E-state index is 3.89. The zero-order chi connectivity index (χ0) is 12.0. The summed E-state index contributed by atoms with van der Waals surface area (Å²) in [7, 11) is 0. The lowest BCUT2D eigenvalue weighted by Gasteiger charge is -2.22. The van der Waals surface area contributed by atoms with Crippen LogP contribution in [-0.4, -0.2) is 0 Å². The average molecular weight is 212 g/mol. The van der Waals surface area contributed by atoms with Gasteiger partial charge in [-0.1, -0.05) is 75.6 Å². The molecule has 0 nitrogen and oxygen atoms in total. The molecule has 0 saturated heterocycles. The van der Waals surface area contributed by atoms with Crippen molar-refractivity contribution < 1.29 is 0 Å². The van der Waals surface area contributed by atoms with Crippen molar-refractivity contribution in [2.24, 2.45) is 5.92 Å². The summed E-state index contributed by atoms with van der Waals surface area (Å²) in [6, 6.07) is 10.6. The average Bonchev–Trinajstić information content (AvgIpc) is 2.29. The molecule has 16 heavy (non-hydrogen) atoms. The molecule has 0 spiro atoms. The third-order valence-electron chi connectivity index (χ3n) is 2.73. The predicted octanol–water partition coefficient (Wildman–Crippen LogP) is 4.72. The highest BCUT2D eigenvalue weighted by Gasteiger charge is 2.17. The van der Waals surface area contributed by atoms with Crippen molar-refractivity contribution in [3.8, 4) is 0 Å². The lowest BCUT2D eigenvalue weighted by atomic mass is 9.82. The summed E-state index contributed by atoms with van der Waals surface area (Å²) >= 11 is 0. The first kappa shape index (κ1) is 12.5. The van der Waals surface area contributed by atoms with Gasteiger partial charge in [-0.2, -0.15) is 0 Å². The monoisotopic (exact) mass is 212 g/mol. The molecule has 0 radical (unpaired) electrons. The van der Waals surface area contributed by atoms with E-state index in [9.17, 15) is 0 Å². The van der Waals surface area contributed by atoms with Gasteiger partial charge >= 0.3 is 0 Å². The second kappa shape index (κ2) is 6.12. The van der Waals surface area contributed by atoms with Crippen molar-refractivity contribution in [3.63, 3.8) is 0 Å². The number of rotatable bonds is 5. The van der Waals surface area contributed by atoms with Crippen LogP contribution in [-0.2, 0) is 0 Å². The zero-order valence-electron chi connectivity index (χ0n) is 10.2. The van der Waals surface area contributed by atoms with E-state index in [0.717, 1.165) is 0 Å². The molecule has 0 N–H and O–H groups in total. The van der Waals surface area contributed by atoms with Crippen LogP contribution in [0.15, 0.2) is 67.3 Å². The lowest BCUT2D eigenvalue weighted by molar-refractivity contribution is 0.563. The molecule has 1 atom stereocenters. The number of hydrogen-bond acceptors (Lipinski definition) is 0. The van der Waals surface area contributed by atoms with E-state index in [-0.39, 0.29) is 0 Å². The number of hydrogen-bond donors (Lipinski definition) is 0. The Hall–Kier alpha value is -1.56. The number of benzene rings is 1. The van der Waals surface area contributed by atoms with Crippen LogP contribution >= 0.6 is 0 Å². The van der Waals surface area contributed by atoms with Gasteiger partial charge in [-0.3, -0.25) is 0 Å². The van der Waals surface area contributed by atoms with Crippen LogP contribution in [0.1, 0.15) is 25.3 Å². The quantitative estimate of drug-likeness (QED) is 0.619. The maximum atomic E-state index is 3.89. The fraction of sp³-hybridized carbons (Fsp3) is 0.250. The second-order valence-electron chi connectivity index (χ2n) is 4.24. The van der Waals surface area contributed by atoms with Crippen LogP contribution in [0.4, 0.5) is 0 Å². The van der Waals surface area contributed by atoms with Crippen LogP contribution in [0.3, 0.4) is 0 Å². The third kappa shape index (κ3) is 2.96. The highest BCUT2D eigenvalue weighted by atomic mass is 14.2. The molecule has 0 saturated carbocycles. The molecule has 1 unspecified atom stereocenters. The smallest absolute Gasteiger partial charge is 0.0112 e. The first-order chi connectivity index (χ1) is 7.70. The van der Waals surface area contributed by atoms with E-state index in [1.807, 2.05) is 24.3 Å². The molecule has 0 bridgehead atoms. The van der Waals surface area contributed by atoms with Crippen molar-refractivity contribution in [1.82, 2.24) is 0 Å². The molecule has 0 heteroatoms. The standard InChI is InChI=1S/C16H20/c1-5-10-14(6-2)16(13(3)4)15-11-8-7-9-12-15/h5-13,16H,1-2H2,3-4H3/b14-10+. The minimum absolute atomic E-state index is 0.400. The molecule has 0 aliphatic carbocycles. The summed E-state index contributed by atoms with van der Waals surface area (Å²) < 4.78 is 0. The van der Waals surface area contributed by atoms with Crippen LogP contribution < -0.4 is 0 Å². The Morgan fingerprint density at radius 2 is 1.75 bits per heavy atom. The van der Waals surface area contributed by atoms with Crippen LogP contribution in [0.5, 0.6) is 0 Å². The van der Waals surface area contributed by atoms with Crippen LogP contribution in [0, 0.1) is 5.92 Å². The Bertz CT molecular complexity index is 368. The minimum Gasteiger partial charge on any atom is -0.0991 e. The Morgan fingerprint density at radius 1 is 1.12 bits per heavy atom. The fourth-order valence-corrected chi connectivity index (χ4v) is 2.06. The third-order valence-corrected chi connectivity index (χ3v) is 2.73. The van der Waals surface area contributed by atoms with Crippen molar-refractivity contribution >= 4 is 0 Å². The molecule has 0 aromatic heterocycles. The molecule has 1 aromatic carbocycles. The van der Waals surface area contributed by atoms with Gasteiger partial charge in [-0.25, -0.2) is 0 Å². The topological polar surface area (TPSA) is 0 Å². The van der Waals surface area contributed by atoms with Gasteiger partial charge in [-0.05, 0) is 17.1 Å². The predicted molar refractivity (Wildman–Crippen MR) is 72.5 cm³/mol. The summed E-state index contributed by atoms with van der Waals surface area (Å²) in [5.74, 6) is 0.947. The van der Waals surface area contributed by atoms with Gasteiger partial charge < -0.3 is 0 Å². The van der Waals surface area contributed by atoms with Crippen molar-refractivity contribution in [1.29, 1.82) is 0 Å². The highest BCUT2D eigenvalue weighted by Crippen LogP contribution is 2.32. The molecule has 0 amide bonds. The van der Waals surface area contributed by atoms with Gasteiger partial charge in [0, 0.05) is 5.92 Å². The second-order valence-corrected chi connectivity index (χ2v) is 4.24. The van der Waals surface area contributed by atoms with E-state index in [2.05, 4.69) is 51.3 Å². The molecule has 0 aliphatic rings. The van der Waals surface area contributed by atoms with E-state index in [4.69, 9.17) is 0 Å². The minimum atomic E-state index is 0.400. The Balaban J connectivity index is 3.14. The Kier molecular flexibility index (Phi) is 4.78. The van der Waals surface area contributed by atoms with Gasteiger partial charge in [0.05, 0.1) is 0 Å². The molecular weight excluding hydrogens is 192 g/mol. The highest BCUT2D eigenvalue weighted by molar-refractivity contribution is 5.36. The van der Waals surface area contributed by atoms with Crippen LogP contribution in [0.25, 0.3) is 0 Å². The Labute approximate surface area is 99.0 Å². The van der Waals surface area contributed by atoms with Gasteiger partial charge in [0.2, 0.25) is 0 Å². The fourth-order valence-electron chi connectivity index (χ4n) is 2.06. The summed E-state index contributed by atoms with van der Waals surface area (Å²) in [5.41, 5.74) is 2.57. The molecule has 0 heterocycles. The van der Waals surface area contributed by atoms with Crippen molar-refractivity contribution in [2.45, 2.75) is 19.8 Å². The molecule has 84 valence electrons. The molecule has 1 aromatic rings. The molecular formula is C16H20. The van der Waals surface area contributed by atoms with Gasteiger partial charge in [0.1, 0.15) is 0 Å². The number of allylic oxidation sites excluding steroid dienone is 4. The van der Waals surface area contributed by atoms with E-state index < -0.39 is 0 Å². The lowest BCUT2D eigenvalue weighted by Crippen LogP contribution is -2.08. The summed E-state index contributed by atoms with van der Waals surface area (Å²) in [6.45, 7) is 12.1. The van der Waals surface area contributed by atoms with Crippen molar-refractivity contribution in [2.75, 3.05) is 0 Å². The van der Waals surface area contributed by atoms with Crippen molar-refractivity contribution in [3.05, 3.63) is 72.9 Å².